The molecule has 1 atom stereocenters. The van der Waals surface area contributed by atoms with Crippen LogP contribution < -0.4 is 5.56 Å². The SMILES string of the molecule is Cc1cccn(CC(=O)N2CCOC(c3nnc(C(C)C)o3)C2)c1=O. The summed E-state index contributed by atoms with van der Waals surface area (Å²) in [6, 6.07) is 3.49. The Kier molecular flexibility index (Phi) is 4.98. The van der Waals surface area contributed by atoms with E-state index in [1.807, 2.05) is 13.8 Å². The third-order valence-electron chi connectivity index (χ3n) is 4.16. The molecule has 0 aliphatic carbocycles. The van der Waals surface area contributed by atoms with Gasteiger partial charge >= 0.3 is 0 Å². The number of amides is 1. The number of pyridine rings is 1. The van der Waals surface area contributed by atoms with Gasteiger partial charge in [-0.15, -0.1) is 10.2 Å². The van der Waals surface area contributed by atoms with Crippen LogP contribution in [0.15, 0.2) is 27.5 Å². The number of carbonyl (C=O) groups excluding carboxylic acids is 1. The van der Waals surface area contributed by atoms with Crippen LogP contribution in [0.2, 0.25) is 0 Å². The van der Waals surface area contributed by atoms with Crippen LogP contribution in [-0.2, 0) is 16.1 Å². The summed E-state index contributed by atoms with van der Waals surface area (Å²) < 4.78 is 12.7. The highest BCUT2D eigenvalue weighted by atomic mass is 16.5. The average molecular weight is 346 g/mol. The van der Waals surface area contributed by atoms with Crippen LogP contribution in [0.1, 0.15) is 43.2 Å². The lowest BCUT2D eigenvalue weighted by atomic mass is 10.2. The minimum absolute atomic E-state index is 0.00824. The van der Waals surface area contributed by atoms with Crippen LogP contribution in [0.4, 0.5) is 0 Å². The van der Waals surface area contributed by atoms with Gasteiger partial charge in [0.05, 0.1) is 13.2 Å². The first-order valence-corrected chi connectivity index (χ1v) is 8.34. The van der Waals surface area contributed by atoms with E-state index in [-0.39, 0.29) is 23.9 Å². The Morgan fingerprint density at radius 3 is 2.92 bits per heavy atom. The highest BCUT2D eigenvalue weighted by Gasteiger charge is 2.29. The highest BCUT2D eigenvalue weighted by molar-refractivity contribution is 5.76. The second-order valence-electron chi connectivity index (χ2n) is 6.46. The molecular formula is C17H22N4O4. The van der Waals surface area contributed by atoms with Crippen LogP contribution in [-0.4, -0.2) is 45.3 Å². The molecule has 0 saturated carbocycles. The first-order valence-electron chi connectivity index (χ1n) is 8.34. The zero-order chi connectivity index (χ0) is 18.0. The fourth-order valence-corrected chi connectivity index (χ4v) is 2.66. The van der Waals surface area contributed by atoms with Gasteiger partial charge in [-0.25, -0.2) is 0 Å². The van der Waals surface area contributed by atoms with Crippen LogP contribution in [0.5, 0.6) is 0 Å². The second-order valence-corrected chi connectivity index (χ2v) is 6.46. The summed E-state index contributed by atoms with van der Waals surface area (Å²) in [5.41, 5.74) is 0.460. The molecule has 0 bridgehead atoms. The predicted octanol–water partition coefficient (Wildman–Crippen LogP) is 1.26. The number of aromatic nitrogens is 3. The van der Waals surface area contributed by atoms with Gasteiger partial charge in [0.15, 0.2) is 6.10 Å². The maximum absolute atomic E-state index is 12.6. The summed E-state index contributed by atoms with van der Waals surface area (Å²) in [5.74, 6) is 0.933. The van der Waals surface area contributed by atoms with Gasteiger partial charge in [0.1, 0.15) is 6.54 Å². The molecule has 8 heteroatoms. The van der Waals surface area contributed by atoms with Gasteiger partial charge in [-0.2, -0.15) is 0 Å². The molecule has 0 radical (unpaired) electrons. The van der Waals surface area contributed by atoms with Crippen molar-refractivity contribution in [3.63, 3.8) is 0 Å². The van der Waals surface area contributed by atoms with Gasteiger partial charge in [0.2, 0.25) is 17.7 Å². The largest absolute Gasteiger partial charge is 0.422 e. The first kappa shape index (κ1) is 17.3. The smallest absolute Gasteiger partial charge is 0.253 e. The normalized spacial score (nSPS) is 17.9. The van der Waals surface area contributed by atoms with E-state index in [1.165, 1.54) is 4.57 Å². The maximum Gasteiger partial charge on any atom is 0.253 e. The Balaban J connectivity index is 1.69. The number of rotatable bonds is 4. The Hall–Kier alpha value is -2.48. The third kappa shape index (κ3) is 3.79. The molecule has 0 N–H and O–H groups in total. The number of carbonyl (C=O) groups is 1. The molecule has 0 spiro atoms. The van der Waals surface area contributed by atoms with Crippen LogP contribution in [0, 0.1) is 6.92 Å². The first-order chi connectivity index (χ1) is 12.0. The van der Waals surface area contributed by atoms with Crippen molar-refractivity contribution in [2.75, 3.05) is 19.7 Å². The molecule has 134 valence electrons. The van der Waals surface area contributed by atoms with E-state index < -0.39 is 6.10 Å². The lowest BCUT2D eigenvalue weighted by Crippen LogP contribution is -2.44. The minimum Gasteiger partial charge on any atom is -0.422 e. The molecule has 0 aromatic carbocycles. The van der Waals surface area contributed by atoms with E-state index >= 15 is 0 Å². The second kappa shape index (κ2) is 7.18. The summed E-state index contributed by atoms with van der Waals surface area (Å²) in [4.78, 5) is 26.3. The van der Waals surface area contributed by atoms with Crippen molar-refractivity contribution >= 4 is 5.91 Å². The fourth-order valence-electron chi connectivity index (χ4n) is 2.66. The van der Waals surface area contributed by atoms with Crippen molar-refractivity contribution in [1.82, 2.24) is 19.7 Å². The van der Waals surface area contributed by atoms with E-state index in [2.05, 4.69) is 10.2 Å². The standard InChI is InChI=1S/C17H22N4O4/c1-11(2)15-18-19-16(25-15)13-9-20(7-8-24-13)14(22)10-21-6-4-5-12(3)17(21)23/h4-6,11,13H,7-10H2,1-3H3. The van der Waals surface area contributed by atoms with Crippen LogP contribution in [0.25, 0.3) is 0 Å². The molecule has 2 aromatic rings. The molecule has 3 heterocycles. The van der Waals surface area contributed by atoms with E-state index in [4.69, 9.17) is 9.15 Å². The molecule has 2 aromatic heterocycles. The van der Waals surface area contributed by atoms with Crippen molar-refractivity contribution in [3.8, 4) is 0 Å². The van der Waals surface area contributed by atoms with Crippen molar-refractivity contribution in [2.45, 2.75) is 39.3 Å². The average Bonchev–Trinajstić information content (AvgIpc) is 3.09. The molecule has 1 aliphatic heterocycles. The zero-order valence-electron chi connectivity index (χ0n) is 14.6. The molecule has 1 saturated heterocycles. The number of hydrogen-bond donors (Lipinski definition) is 0. The number of aryl methyl sites for hydroxylation is 1. The van der Waals surface area contributed by atoms with Gasteiger partial charge in [0.25, 0.3) is 5.56 Å². The molecular weight excluding hydrogens is 324 g/mol. The molecule has 8 nitrogen and oxygen atoms in total. The van der Waals surface area contributed by atoms with Crippen molar-refractivity contribution < 1.29 is 13.9 Å². The summed E-state index contributed by atoms with van der Waals surface area (Å²) in [7, 11) is 0. The lowest BCUT2D eigenvalue weighted by Gasteiger charge is -2.31. The lowest BCUT2D eigenvalue weighted by molar-refractivity contribution is -0.140. The number of ether oxygens (including phenoxy) is 1. The van der Waals surface area contributed by atoms with E-state index in [9.17, 15) is 9.59 Å². The highest BCUT2D eigenvalue weighted by Crippen LogP contribution is 2.23. The molecule has 25 heavy (non-hydrogen) atoms. The zero-order valence-corrected chi connectivity index (χ0v) is 14.6. The Morgan fingerprint density at radius 1 is 1.40 bits per heavy atom. The monoisotopic (exact) mass is 346 g/mol. The molecule has 1 fully saturated rings. The summed E-state index contributed by atoms with van der Waals surface area (Å²) in [6.07, 6.45) is 1.19. The Labute approximate surface area is 145 Å². The van der Waals surface area contributed by atoms with E-state index in [0.29, 0.717) is 37.0 Å². The van der Waals surface area contributed by atoms with Gasteiger partial charge in [0, 0.05) is 24.2 Å². The van der Waals surface area contributed by atoms with E-state index in [0.717, 1.165) is 0 Å². The number of hydrogen-bond acceptors (Lipinski definition) is 6. The molecule has 1 amide bonds. The van der Waals surface area contributed by atoms with Crippen molar-refractivity contribution in [2.24, 2.45) is 0 Å². The van der Waals surface area contributed by atoms with Crippen LogP contribution >= 0.6 is 0 Å². The van der Waals surface area contributed by atoms with Gasteiger partial charge in [-0.05, 0) is 13.0 Å². The third-order valence-corrected chi connectivity index (χ3v) is 4.16. The Bertz CT molecular complexity index is 811. The summed E-state index contributed by atoms with van der Waals surface area (Å²) >= 11 is 0. The summed E-state index contributed by atoms with van der Waals surface area (Å²) in [6.45, 7) is 6.87. The number of nitrogens with zero attached hydrogens (tertiary/aromatic N) is 4. The van der Waals surface area contributed by atoms with E-state index in [1.54, 1.807) is 30.2 Å². The van der Waals surface area contributed by atoms with Gasteiger partial charge in [-0.3, -0.25) is 9.59 Å². The Morgan fingerprint density at radius 2 is 2.20 bits per heavy atom. The summed E-state index contributed by atoms with van der Waals surface area (Å²) in [5, 5.41) is 8.03. The van der Waals surface area contributed by atoms with Crippen molar-refractivity contribution in [1.29, 1.82) is 0 Å². The van der Waals surface area contributed by atoms with Crippen molar-refractivity contribution in [3.05, 3.63) is 46.0 Å². The quantitative estimate of drug-likeness (QED) is 0.828. The minimum atomic E-state index is -0.438. The van der Waals surface area contributed by atoms with Gasteiger partial charge < -0.3 is 18.6 Å². The predicted molar refractivity (Wildman–Crippen MR) is 89.1 cm³/mol. The maximum atomic E-state index is 12.6. The molecule has 1 aliphatic rings. The fraction of sp³-hybridized carbons (Fsp3) is 0.529. The van der Waals surface area contributed by atoms with Crippen LogP contribution in [0.3, 0.4) is 0 Å². The number of morpholine rings is 1. The molecule has 1 unspecified atom stereocenters. The van der Waals surface area contributed by atoms with Gasteiger partial charge in [-0.1, -0.05) is 19.9 Å². The molecule has 3 rings (SSSR count). The topological polar surface area (TPSA) is 90.5 Å².